The first-order chi connectivity index (χ1) is 3.77. The Morgan fingerprint density at radius 1 is 1.38 bits per heavy atom. The summed E-state index contributed by atoms with van der Waals surface area (Å²) < 4.78 is 0. The highest BCUT2D eigenvalue weighted by Crippen LogP contribution is 2.21. The number of hydrogen-bond acceptors (Lipinski definition) is 1. The molecular formula is C7H13N. The predicted molar refractivity (Wildman–Crippen MR) is 35.8 cm³/mol. The second kappa shape index (κ2) is 1.90. The molecule has 0 aliphatic heterocycles. The van der Waals surface area contributed by atoms with E-state index in [2.05, 4.69) is 24.4 Å². The highest BCUT2D eigenvalue weighted by molar-refractivity contribution is 5.05. The van der Waals surface area contributed by atoms with Gasteiger partial charge in [0.1, 0.15) is 0 Å². The van der Waals surface area contributed by atoms with Crippen LogP contribution < -0.4 is 5.32 Å². The normalized spacial score (nSPS) is 24.2. The van der Waals surface area contributed by atoms with Crippen molar-refractivity contribution in [2.24, 2.45) is 0 Å². The van der Waals surface area contributed by atoms with Gasteiger partial charge in [-0.3, -0.25) is 0 Å². The number of nitrogens with one attached hydrogen (secondary N) is 1. The van der Waals surface area contributed by atoms with E-state index in [-0.39, 0.29) is 0 Å². The van der Waals surface area contributed by atoms with Gasteiger partial charge < -0.3 is 5.32 Å². The third-order valence-corrected chi connectivity index (χ3v) is 1.91. The zero-order chi connectivity index (χ0) is 6.04. The molecule has 0 fully saturated rings. The van der Waals surface area contributed by atoms with E-state index in [4.69, 9.17) is 0 Å². The molecule has 0 saturated carbocycles. The molecule has 0 aromatic rings. The lowest BCUT2D eigenvalue weighted by Gasteiger charge is -2.21. The highest BCUT2D eigenvalue weighted by Gasteiger charge is 2.21. The molecule has 0 atom stereocenters. The fraction of sp³-hybridized carbons (Fsp3) is 0.714. The molecular weight excluding hydrogens is 98.1 g/mol. The fourth-order valence-corrected chi connectivity index (χ4v) is 0.974. The van der Waals surface area contributed by atoms with E-state index in [1.165, 1.54) is 12.8 Å². The van der Waals surface area contributed by atoms with E-state index in [9.17, 15) is 0 Å². The molecule has 1 aliphatic carbocycles. The Morgan fingerprint density at radius 2 is 1.88 bits per heavy atom. The summed E-state index contributed by atoms with van der Waals surface area (Å²) >= 11 is 0. The summed E-state index contributed by atoms with van der Waals surface area (Å²) in [4.78, 5) is 0. The van der Waals surface area contributed by atoms with E-state index >= 15 is 0 Å². The summed E-state index contributed by atoms with van der Waals surface area (Å²) in [6.45, 7) is 2.24. The molecule has 1 rings (SSSR count). The molecule has 46 valence electrons. The lowest BCUT2D eigenvalue weighted by Crippen LogP contribution is -2.36. The first kappa shape index (κ1) is 5.83. The SMILES string of the molecule is CNC1(C)CC=CC1. The van der Waals surface area contributed by atoms with Crippen LogP contribution in [0.4, 0.5) is 0 Å². The summed E-state index contributed by atoms with van der Waals surface area (Å²) in [6, 6.07) is 0. The van der Waals surface area contributed by atoms with Gasteiger partial charge in [-0.1, -0.05) is 12.2 Å². The minimum atomic E-state index is 0.375. The first-order valence-corrected chi connectivity index (χ1v) is 3.11. The van der Waals surface area contributed by atoms with Crippen LogP contribution in [0.15, 0.2) is 12.2 Å². The van der Waals surface area contributed by atoms with E-state index in [1.807, 2.05) is 7.05 Å². The van der Waals surface area contributed by atoms with Crippen LogP contribution in [0, 0.1) is 0 Å². The zero-order valence-electron chi connectivity index (χ0n) is 5.57. The molecule has 0 radical (unpaired) electrons. The number of hydrogen-bond donors (Lipinski definition) is 1. The van der Waals surface area contributed by atoms with Crippen LogP contribution in [0.5, 0.6) is 0 Å². The Morgan fingerprint density at radius 3 is 2.12 bits per heavy atom. The molecule has 0 unspecified atom stereocenters. The van der Waals surface area contributed by atoms with Crippen molar-refractivity contribution in [3.63, 3.8) is 0 Å². The lowest BCUT2D eigenvalue weighted by molar-refractivity contribution is 0.412. The molecule has 0 amide bonds. The van der Waals surface area contributed by atoms with Gasteiger partial charge in [-0.2, -0.15) is 0 Å². The number of rotatable bonds is 1. The molecule has 1 nitrogen and oxygen atoms in total. The van der Waals surface area contributed by atoms with Gasteiger partial charge in [0, 0.05) is 5.54 Å². The van der Waals surface area contributed by atoms with Gasteiger partial charge in [-0.25, -0.2) is 0 Å². The smallest absolute Gasteiger partial charge is 0.0219 e. The van der Waals surface area contributed by atoms with Gasteiger partial charge in [-0.05, 0) is 26.8 Å². The highest BCUT2D eigenvalue weighted by atomic mass is 14.9. The lowest BCUT2D eigenvalue weighted by atomic mass is 10.0. The molecule has 1 heteroatoms. The molecule has 0 bridgehead atoms. The topological polar surface area (TPSA) is 12.0 Å². The molecule has 0 aromatic heterocycles. The Labute approximate surface area is 50.8 Å². The van der Waals surface area contributed by atoms with Gasteiger partial charge in [0.15, 0.2) is 0 Å². The zero-order valence-corrected chi connectivity index (χ0v) is 5.57. The van der Waals surface area contributed by atoms with Gasteiger partial charge in [0.05, 0.1) is 0 Å². The quantitative estimate of drug-likeness (QED) is 0.503. The molecule has 0 aromatic carbocycles. The first-order valence-electron chi connectivity index (χ1n) is 3.11. The summed E-state index contributed by atoms with van der Waals surface area (Å²) in [5.41, 5.74) is 0.375. The summed E-state index contributed by atoms with van der Waals surface area (Å²) in [5, 5.41) is 3.28. The minimum absolute atomic E-state index is 0.375. The van der Waals surface area contributed by atoms with Crippen LogP contribution in [0.1, 0.15) is 19.8 Å². The van der Waals surface area contributed by atoms with Crippen LogP contribution in [-0.4, -0.2) is 12.6 Å². The van der Waals surface area contributed by atoms with Crippen molar-refractivity contribution in [2.45, 2.75) is 25.3 Å². The van der Waals surface area contributed by atoms with Crippen LogP contribution in [0.2, 0.25) is 0 Å². The van der Waals surface area contributed by atoms with Crippen molar-refractivity contribution in [3.05, 3.63) is 12.2 Å². The monoisotopic (exact) mass is 111 g/mol. The van der Waals surface area contributed by atoms with Crippen molar-refractivity contribution in [1.82, 2.24) is 5.32 Å². The summed E-state index contributed by atoms with van der Waals surface area (Å²) in [5.74, 6) is 0. The third kappa shape index (κ3) is 0.920. The van der Waals surface area contributed by atoms with Crippen LogP contribution >= 0.6 is 0 Å². The molecule has 1 aliphatic rings. The maximum atomic E-state index is 3.28. The Balaban J connectivity index is 2.46. The maximum Gasteiger partial charge on any atom is 0.0219 e. The average Bonchev–Trinajstić information content (AvgIpc) is 2.17. The van der Waals surface area contributed by atoms with Gasteiger partial charge >= 0.3 is 0 Å². The largest absolute Gasteiger partial charge is 0.314 e. The van der Waals surface area contributed by atoms with Gasteiger partial charge in [-0.15, -0.1) is 0 Å². The Hall–Kier alpha value is -0.300. The van der Waals surface area contributed by atoms with Crippen LogP contribution in [0.3, 0.4) is 0 Å². The van der Waals surface area contributed by atoms with E-state index < -0.39 is 0 Å². The van der Waals surface area contributed by atoms with Crippen molar-refractivity contribution in [2.75, 3.05) is 7.05 Å². The molecule has 0 saturated heterocycles. The minimum Gasteiger partial charge on any atom is -0.314 e. The maximum absolute atomic E-state index is 3.28. The van der Waals surface area contributed by atoms with Crippen molar-refractivity contribution in [1.29, 1.82) is 0 Å². The molecule has 0 heterocycles. The standard InChI is InChI=1S/C7H13N/c1-7(8-2)5-3-4-6-7/h3-4,8H,5-6H2,1-2H3. The molecule has 0 spiro atoms. The Bertz CT molecular complexity index is 97.0. The average molecular weight is 111 g/mol. The second-order valence-electron chi connectivity index (χ2n) is 2.69. The van der Waals surface area contributed by atoms with Crippen LogP contribution in [0.25, 0.3) is 0 Å². The van der Waals surface area contributed by atoms with Gasteiger partial charge in [0.25, 0.3) is 0 Å². The predicted octanol–water partition coefficient (Wildman–Crippen LogP) is 1.31. The molecule has 1 N–H and O–H groups in total. The third-order valence-electron chi connectivity index (χ3n) is 1.91. The van der Waals surface area contributed by atoms with Crippen molar-refractivity contribution >= 4 is 0 Å². The van der Waals surface area contributed by atoms with Crippen LogP contribution in [-0.2, 0) is 0 Å². The van der Waals surface area contributed by atoms with E-state index in [0.717, 1.165) is 0 Å². The van der Waals surface area contributed by atoms with E-state index in [1.54, 1.807) is 0 Å². The van der Waals surface area contributed by atoms with E-state index in [0.29, 0.717) is 5.54 Å². The van der Waals surface area contributed by atoms with Crippen molar-refractivity contribution in [3.8, 4) is 0 Å². The summed E-state index contributed by atoms with van der Waals surface area (Å²) in [7, 11) is 2.02. The second-order valence-corrected chi connectivity index (χ2v) is 2.69. The fourth-order valence-electron chi connectivity index (χ4n) is 0.974. The Kier molecular flexibility index (Phi) is 1.39. The van der Waals surface area contributed by atoms with Crippen molar-refractivity contribution < 1.29 is 0 Å². The van der Waals surface area contributed by atoms with Gasteiger partial charge in [0.2, 0.25) is 0 Å². The molecule has 8 heavy (non-hydrogen) atoms. The summed E-state index contributed by atoms with van der Waals surface area (Å²) in [6.07, 6.45) is 6.83.